The van der Waals surface area contributed by atoms with Gasteiger partial charge in [0, 0.05) is 0 Å². The second kappa shape index (κ2) is 3.71. The number of rotatable bonds is 3. The molecule has 0 radical (unpaired) electrons. The number of hydrogen-bond acceptors (Lipinski definition) is 6. The zero-order valence-corrected chi connectivity index (χ0v) is 8.15. The third-order valence-corrected chi connectivity index (χ3v) is 2.09. The molecule has 9 heteroatoms. The average Bonchev–Trinajstić information content (AvgIpc) is 2.15. The summed E-state index contributed by atoms with van der Waals surface area (Å²) in [6.45, 7) is 6.16. The molecule has 1 aromatic rings. The van der Waals surface area contributed by atoms with Gasteiger partial charge in [-0.15, -0.1) is 0 Å². The summed E-state index contributed by atoms with van der Waals surface area (Å²) in [5.41, 5.74) is -1.15. The molecule has 0 aromatic carbocycles. The number of nitrogens with one attached hydrogen (secondary N) is 1. The Hall–Kier alpha value is -1.87. The van der Waals surface area contributed by atoms with Gasteiger partial charge >= 0.3 is 10.1 Å². The predicted molar refractivity (Wildman–Crippen MR) is 53.1 cm³/mol. The van der Waals surface area contributed by atoms with Crippen LogP contribution in [0.5, 0.6) is 0 Å². The lowest BCUT2D eigenvalue weighted by Crippen LogP contribution is -2.14. The van der Waals surface area contributed by atoms with Crippen LogP contribution in [0.3, 0.4) is 0 Å². The molecule has 8 nitrogen and oxygen atoms in total. The normalized spacial score (nSPS) is 11.0. The third-order valence-electron chi connectivity index (χ3n) is 1.41. The Kier molecular flexibility index (Phi) is 2.77. The van der Waals surface area contributed by atoms with Gasteiger partial charge in [-0.05, 0) is 13.4 Å². The van der Waals surface area contributed by atoms with Crippen LogP contribution in [0, 0.1) is 0 Å². The first kappa shape index (κ1) is 11.2. The van der Waals surface area contributed by atoms with E-state index in [9.17, 15) is 13.2 Å². The van der Waals surface area contributed by atoms with Gasteiger partial charge in [-0.1, -0.05) is 0 Å². The first-order chi connectivity index (χ1) is 6.90. The molecule has 0 aliphatic heterocycles. The van der Waals surface area contributed by atoms with Gasteiger partial charge in [0.2, 0.25) is 0 Å². The highest BCUT2D eigenvalue weighted by atomic mass is 32.2. The Balaban J connectivity index is 3.67. The van der Waals surface area contributed by atoms with Crippen molar-refractivity contribution in [3.05, 3.63) is 10.4 Å². The van der Waals surface area contributed by atoms with Crippen molar-refractivity contribution in [1.29, 1.82) is 0 Å². The van der Waals surface area contributed by atoms with E-state index < -0.39 is 20.8 Å². The van der Waals surface area contributed by atoms with E-state index in [-0.39, 0.29) is 11.5 Å². The highest BCUT2D eigenvalue weighted by Gasteiger charge is 2.17. The molecule has 15 heavy (non-hydrogen) atoms. The van der Waals surface area contributed by atoms with Gasteiger partial charge in [0.05, 0.1) is 0 Å². The molecule has 1 rings (SSSR count). The minimum atomic E-state index is -4.60. The van der Waals surface area contributed by atoms with Gasteiger partial charge in [-0.25, -0.2) is 4.99 Å². The monoisotopic (exact) mass is 230 g/mol. The summed E-state index contributed by atoms with van der Waals surface area (Å²) in [4.78, 5) is 22.9. The second-order valence-corrected chi connectivity index (χ2v) is 3.67. The van der Waals surface area contributed by atoms with Gasteiger partial charge in [0.15, 0.2) is 11.5 Å². The smallest absolute Gasteiger partial charge is 0.293 e. The van der Waals surface area contributed by atoms with E-state index in [4.69, 9.17) is 4.55 Å². The minimum Gasteiger partial charge on any atom is -0.293 e. The lowest BCUT2D eigenvalue weighted by molar-refractivity contribution is 0.474. The molecule has 0 amide bonds. The van der Waals surface area contributed by atoms with Crippen LogP contribution >= 0.6 is 0 Å². The molecule has 2 N–H and O–H groups in total. The van der Waals surface area contributed by atoms with E-state index >= 15 is 0 Å². The second-order valence-electron chi connectivity index (χ2n) is 2.33. The number of H-pyrrole nitrogens is 1. The van der Waals surface area contributed by atoms with Gasteiger partial charge in [0.1, 0.15) is 0 Å². The van der Waals surface area contributed by atoms with Crippen molar-refractivity contribution in [1.82, 2.24) is 9.97 Å². The molecule has 1 aromatic heterocycles. The summed E-state index contributed by atoms with van der Waals surface area (Å²) in [7, 11) is -4.60. The summed E-state index contributed by atoms with van der Waals surface area (Å²) in [6, 6.07) is 0. The Labute approximate surface area is 84.2 Å². The van der Waals surface area contributed by atoms with Crippen LogP contribution < -0.4 is 5.56 Å². The molecule has 0 spiro atoms. The van der Waals surface area contributed by atoms with Gasteiger partial charge < -0.3 is 0 Å². The summed E-state index contributed by atoms with van der Waals surface area (Å²) in [5.74, 6) is -0.318. The molecule has 0 aliphatic rings. The molecule has 0 fully saturated rings. The summed E-state index contributed by atoms with van der Waals surface area (Å²) < 4.78 is 30.0. The lowest BCUT2D eigenvalue weighted by atomic mass is 10.5. The average molecular weight is 230 g/mol. The maximum atomic E-state index is 11.2. The zero-order valence-electron chi connectivity index (χ0n) is 7.34. The van der Waals surface area contributed by atoms with Gasteiger partial charge in [-0.2, -0.15) is 13.4 Å². The zero-order chi connectivity index (χ0) is 11.6. The molecule has 0 saturated carbocycles. The van der Waals surface area contributed by atoms with Crippen LogP contribution in [0.25, 0.3) is 0 Å². The van der Waals surface area contributed by atoms with Crippen LogP contribution in [0.4, 0.5) is 11.5 Å². The topological polar surface area (TPSA) is 125 Å². The number of hydrogen-bond donors (Lipinski definition) is 2. The van der Waals surface area contributed by atoms with Gasteiger partial charge in [0.25, 0.3) is 10.7 Å². The fourth-order valence-electron chi connectivity index (χ4n) is 0.810. The van der Waals surface area contributed by atoms with E-state index in [1.54, 1.807) is 0 Å². The number of aliphatic imine (C=N–C) groups is 2. The predicted octanol–water partition coefficient (Wildman–Crippen LogP) is -0.319. The van der Waals surface area contributed by atoms with E-state index in [0.717, 1.165) is 0 Å². The Bertz CT molecular complexity index is 573. The van der Waals surface area contributed by atoms with E-state index in [1.807, 2.05) is 4.98 Å². The third kappa shape index (κ3) is 2.14. The highest BCUT2D eigenvalue weighted by molar-refractivity contribution is 7.85. The standard InChI is InChI=1S/C6H6N4O4S/c1-7-3-4(8-2)9-6(10-5(3)11)15(12,13)14/h1-2H2,(H,9,10,11)(H,12,13,14). The van der Waals surface area contributed by atoms with E-state index in [2.05, 4.69) is 28.4 Å². The van der Waals surface area contributed by atoms with Crippen molar-refractivity contribution in [2.45, 2.75) is 5.16 Å². The van der Waals surface area contributed by atoms with Crippen molar-refractivity contribution in [2.24, 2.45) is 9.98 Å². The van der Waals surface area contributed by atoms with E-state index in [0.29, 0.717) is 0 Å². The quantitative estimate of drug-likeness (QED) is 0.418. The highest BCUT2D eigenvalue weighted by Crippen LogP contribution is 2.19. The van der Waals surface area contributed by atoms with Crippen LogP contribution in [-0.4, -0.2) is 36.4 Å². The summed E-state index contributed by atoms with van der Waals surface area (Å²) in [5, 5.41) is -0.915. The Morgan fingerprint density at radius 3 is 2.33 bits per heavy atom. The maximum Gasteiger partial charge on any atom is 0.328 e. The molecular weight excluding hydrogens is 224 g/mol. The first-order valence-corrected chi connectivity index (χ1v) is 4.89. The Morgan fingerprint density at radius 2 is 1.93 bits per heavy atom. The van der Waals surface area contributed by atoms with Crippen molar-refractivity contribution in [2.75, 3.05) is 0 Å². The fourth-order valence-corrected chi connectivity index (χ4v) is 1.23. The Morgan fingerprint density at radius 1 is 1.33 bits per heavy atom. The molecule has 0 bridgehead atoms. The lowest BCUT2D eigenvalue weighted by Gasteiger charge is -1.99. The molecule has 0 atom stereocenters. The fraction of sp³-hybridized carbons (Fsp3) is 0. The summed E-state index contributed by atoms with van der Waals surface area (Å²) >= 11 is 0. The van der Waals surface area contributed by atoms with Crippen molar-refractivity contribution >= 4 is 35.1 Å². The molecule has 0 aliphatic carbocycles. The van der Waals surface area contributed by atoms with Crippen molar-refractivity contribution in [3.8, 4) is 0 Å². The minimum absolute atomic E-state index is 0.266. The molecule has 80 valence electrons. The van der Waals surface area contributed by atoms with Crippen LogP contribution in [-0.2, 0) is 10.1 Å². The largest absolute Gasteiger partial charge is 0.328 e. The number of aromatic nitrogens is 2. The summed E-state index contributed by atoms with van der Waals surface area (Å²) in [6.07, 6.45) is 0. The number of aromatic amines is 1. The molecule has 0 saturated heterocycles. The molecular formula is C6H6N4O4S. The molecule has 1 heterocycles. The van der Waals surface area contributed by atoms with Crippen molar-refractivity contribution < 1.29 is 13.0 Å². The van der Waals surface area contributed by atoms with E-state index in [1.165, 1.54) is 0 Å². The SMILES string of the molecule is C=Nc1nc(S(=O)(=O)O)[nH]c(=O)c1N=C. The van der Waals surface area contributed by atoms with Crippen molar-refractivity contribution in [3.63, 3.8) is 0 Å². The van der Waals surface area contributed by atoms with Gasteiger partial charge in [-0.3, -0.25) is 19.3 Å². The number of nitrogens with zero attached hydrogens (tertiary/aromatic N) is 3. The first-order valence-electron chi connectivity index (χ1n) is 3.45. The van der Waals surface area contributed by atoms with Crippen LogP contribution in [0.15, 0.2) is 19.9 Å². The van der Waals surface area contributed by atoms with Crippen LogP contribution in [0.2, 0.25) is 0 Å². The molecule has 0 unspecified atom stereocenters. The van der Waals surface area contributed by atoms with Crippen LogP contribution in [0.1, 0.15) is 0 Å². The maximum absolute atomic E-state index is 11.2.